The zero-order valence-electron chi connectivity index (χ0n) is 7.74. The number of carbonyl (C=O) groups excluding carboxylic acids is 1. The third-order valence-electron chi connectivity index (χ3n) is 1.56. The van der Waals surface area contributed by atoms with Gasteiger partial charge in [0.15, 0.2) is 5.82 Å². The number of rotatable bonds is 4. The van der Waals surface area contributed by atoms with Gasteiger partial charge in [-0.1, -0.05) is 19.1 Å². The van der Waals surface area contributed by atoms with Crippen LogP contribution in [0.15, 0.2) is 0 Å². The van der Waals surface area contributed by atoms with Crippen LogP contribution in [0.5, 0.6) is 0 Å². The monoisotopic (exact) mass is 183 g/mol. The van der Waals surface area contributed by atoms with Gasteiger partial charge in [-0.15, -0.1) is 10.2 Å². The molecule has 0 saturated heterocycles. The summed E-state index contributed by atoms with van der Waals surface area (Å²) < 4.78 is 0. The van der Waals surface area contributed by atoms with Crippen LogP contribution in [0, 0.1) is 5.92 Å². The number of nitrogens with one attached hydrogen (secondary N) is 2. The lowest BCUT2D eigenvalue weighted by Gasteiger charge is -2.05. The highest BCUT2D eigenvalue weighted by Crippen LogP contribution is 1.90. The van der Waals surface area contributed by atoms with Crippen LogP contribution in [0.2, 0.25) is 0 Å². The topological polar surface area (TPSA) is 83.6 Å². The fourth-order valence-corrected chi connectivity index (χ4v) is 0.790. The Morgan fingerprint density at radius 3 is 2.92 bits per heavy atom. The summed E-state index contributed by atoms with van der Waals surface area (Å²) in [7, 11) is 0. The number of nitrogens with zero attached hydrogens (tertiary/aromatic N) is 3. The van der Waals surface area contributed by atoms with Gasteiger partial charge in [-0.05, 0) is 0 Å². The van der Waals surface area contributed by atoms with Crippen molar-refractivity contribution >= 4 is 5.91 Å². The lowest BCUT2D eigenvalue weighted by atomic mass is 10.2. The number of aromatic amines is 1. The summed E-state index contributed by atoms with van der Waals surface area (Å²) in [6.07, 6.45) is 0.606. The van der Waals surface area contributed by atoms with Crippen molar-refractivity contribution in [1.82, 2.24) is 25.9 Å². The van der Waals surface area contributed by atoms with Crippen LogP contribution >= 0.6 is 0 Å². The molecular formula is C7H13N5O. The predicted molar refractivity (Wildman–Crippen MR) is 45.7 cm³/mol. The van der Waals surface area contributed by atoms with Gasteiger partial charge >= 0.3 is 0 Å². The van der Waals surface area contributed by atoms with Gasteiger partial charge in [-0.3, -0.25) is 4.79 Å². The van der Waals surface area contributed by atoms with Crippen molar-refractivity contribution in [1.29, 1.82) is 0 Å². The average Bonchev–Trinajstić information content (AvgIpc) is 2.56. The van der Waals surface area contributed by atoms with Crippen molar-refractivity contribution in [3.63, 3.8) is 0 Å². The number of amides is 1. The molecular weight excluding hydrogens is 170 g/mol. The Kier molecular flexibility index (Phi) is 3.36. The first kappa shape index (κ1) is 9.63. The molecule has 0 aromatic carbocycles. The zero-order valence-corrected chi connectivity index (χ0v) is 7.74. The number of H-pyrrole nitrogens is 1. The maximum Gasteiger partial charge on any atom is 0.222 e. The van der Waals surface area contributed by atoms with E-state index in [1.807, 2.05) is 13.8 Å². The van der Waals surface area contributed by atoms with E-state index in [1.165, 1.54) is 0 Å². The first-order valence-electron chi connectivity index (χ1n) is 4.20. The van der Waals surface area contributed by atoms with E-state index in [0.717, 1.165) is 0 Å². The lowest BCUT2D eigenvalue weighted by molar-refractivity contribution is -0.123. The molecule has 0 atom stereocenters. The molecule has 0 fully saturated rings. The van der Waals surface area contributed by atoms with E-state index in [0.29, 0.717) is 18.8 Å². The van der Waals surface area contributed by atoms with Crippen molar-refractivity contribution in [3.8, 4) is 0 Å². The van der Waals surface area contributed by atoms with Crippen molar-refractivity contribution in [2.24, 2.45) is 5.92 Å². The lowest BCUT2D eigenvalue weighted by Crippen LogP contribution is -2.29. The fourth-order valence-electron chi connectivity index (χ4n) is 0.790. The molecule has 0 spiro atoms. The summed E-state index contributed by atoms with van der Waals surface area (Å²) >= 11 is 0. The fraction of sp³-hybridized carbons (Fsp3) is 0.714. The second kappa shape index (κ2) is 4.54. The summed E-state index contributed by atoms with van der Waals surface area (Å²) in [6, 6.07) is 0. The Labute approximate surface area is 76.1 Å². The Hall–Kier alpha value is -1.46. The third kappa shape index (κ3) is 3.18. The molecule has 1 aromatic rings. The molecule has 1 aromatic heterocycles. The summed E-state index contributed by atoms with van der Waals surface area (Å²) in [5.74, 6) is 0.679. The molecule has 0 aliphatic heterocycles. The molecule has 0 radical (unpaired) electrons. The van der Waals surface area contributed by atoms with Crippen molar-refractivity contribution in [2.75, 3.05) is 6.54 Å². The van der Waals surface area contributed by atoms with Gasteiger partial charge in [0.1, 0.15) is 0 Å². The quantitative estimate of drug-likeness (QED) is 0.660. The van der Waals surface area contributed by atoms with Crippen LogP contribution < -0.4 is 5.32 Å². The van der Waals surface area contributed by atoms with Crippen LogP contribution in [0.25, 0.3) is 0 Å². The molecule has 1 rings (SSSR count). The number of hydrogen-bond acceptors (Lipinski definition) is 4. The van der Waals surface area contributed by atoms with Gasteiger partial charge in [-0.25, -0.2) is 0 Å². The summed E-state index contributed by atoms with van der Waals surface area (Å²) in [6.45, 7) is 4.25. The molecule has 0 aliphatic carbocycles. The standard InChI is InChI=1S/C7H13N5O/c1-5(2)7(13)8-4-3-6-9-11-12-10-6/h5H,3-4H2,1-2H3,(H,8,13)(H,9,10,11,12). The summed E-state index contributed by atoms with van der Waals surface area (Å²) in [5, 5.41) is 16.0. The minimum atomic E-state index is 0.0188. The minimum Gasteiger partial charge on any atom is -0.355 e. The molecule has 0 bridgehead atoms. The van der Waals surface area contributed by atoms with Crippen LogP contribution in [0.1, 0.15) is 19.7 Å². The molecule has 6 nitrogen and oxygen atoms in total. The van der Waals surface area contributed by atoms with Crippen molar-refractivity contribution < 1.29 is 4.79 Å². The van der Waals surface area contributed by atoms with E-state index in [4.69, 9.17) is 0 Å². The molecule has 72 valence electrons. The highest BCUT2D eigenvalue weighted by atomic mass is 16.1. The zero-order chi connectivity index (χ0) is 9.68. The third-order valence-corrected chi connectivity index (χ3v) is 1.56. The molecule has 6 heteroatoms. The van der Waals surface area contributed by atoms with Crippen LogP contribution in [0.4, 0.5) is 0 Å². The smallest absolute Gasteiger partial charge is 0.222 e. The Balaban J connectivity index is 2.18. The first-order valence-corrected chi connectivity index (χ1v) is 4.20. The second-order valence-corrected chi connectivity index (χ2v) is 3.02. The number of aromatic nitrogens is 4. The van der Waals surface area contributed by atoms with E-state index in [-0.39, 0.29) is 11.8 Å². The molecule has 1 amide bonds. The van der Waals surface area contributed by atoms with Crippen LogP contribution in [0.3, 0.4) is 0 Å². The van der Waals surface area contributed by atoms with Crippen LogP contribution in [-0.2, 0) is 11.2 Å². The highest BCUT2D eigenvalue weighted by molar-refractivity contribution is 5.77. The molecule has 0 saturated carbocycles. The van der Waals surface area contributed by atoms with Gasteiger partial charge in [0.05, 0.1) is 0 Å². The van der Waals surface area contributed by atoms with Gasteiger partial charge in [0, 0.05) is 18.9 Å². The van der Waals surface area contributed by atoms with E-state index >= 15 is 0 Å². The Bertz CT molecular complexity index is 256. The normalized spacial score (nSPS) is 10.4. The van der Waals surface area contributed by atoms with Crippen molar-refractivity contribution in [2.45, 2.75) is 20.3 Å². The molecule has 13 heavy (non-hydrogen) atoms. The number of tetrazole rings is 1. The largest absolute Gasteiger partial charge is 0.355 e. The maximum atomic E-state index is 11.1. The van der Waals surface area contributed by atoms with Gasteiger partial charge < -0.3 is 5.32 Å². The van der Waals surface area contributed by atoms with E-state index in [2.05, 4.69) is 25.9 Å². The SMILES string of the molecule is CC(C)C(=O)NCCc1nn[nH]n1. The summed E-state index contributed by atoms with van der Waals surface area (Å²) in [4.78, 5) is 11.1. The summed E-state index contributed by atoms with van der Waals surface area (Å²) in [5.41, 5.74) is 0. The van der Waals surface area contributed by atoms with Crippen molar-refractivity contribution in [3.05, 3.63) is 5.82 Å². The molecule has 0 aliphatic rings. The minimum absolute atomic E-state index is 0.0188. The Morgan fingerprint density at radius 2 is 2.38 bits per heavy atom. The van der Waals surface area contributed by atoms with E-state index in [1.54, 1.807) is 0 Å². The Morgan fingerprint density at radius 1 is 1.62 bits per heavy atom. The first-order chi connectivity index (χ1) is 6.20. The van der Waals surface area contributed by atoms with Gasteiger partial charge in [0.2, 0.25) is 5.91 Å². The van der Waals surface area contributed by atoms with E-state index < -0.39 is 0 Å². The number of hydrogen-bond donors (Lipinski definition) is 2. The second-order valence-electron chi connectivity index (χ2n) is 3.02. The predicted octanol–water partition coefficient (Wildman–Crippen LogP) is -0.486. The van der Waals surface area contributed by atoms with Gasteiger partial charge in [-0.2, -0.15) is 5.21 Å². The highest BCUT2D eigenvalue weighted by Gasteiger charge is 2.05. The molecule has 1 heterocycles. The van der Waals surface area contributed by atoms with E-state index in [9.17, 15) is 4.79 Å². The van der Waals surface area contributed by atoms with Gasteiger partial charge in [0.25, 0.3) is 0 Å². The van der Waals surface area contributed by atoms with Crippen LogP contribution in [-0.4, -0.2) is 33.1 Å². The molecule has 2 N–H and O–H groups in total. The number of carbonyl (C=O) groups is 1. The average molecular weight is 183 g/mol. The molecule has 0 unspecified atom stereocenters. The maximum absolute atomic E-state index is 11.1.